The van der Waals surface area contributed by atoms with Gasteiger partial charge in [-0.25, -0.2) is 0 Å². The molecular formula is C20H35N3O2. The molecule has 1 unspecified atom stereocenters. The molecule has 2 saturated carbocycles. The first-order chi connectivity index (χ1) is 12.2. The molecule has 0 aromatic heterocycles. The molecule has 0 bridgehead atoms. The van der Waals surface area contributed by atoms with Gasteiger partial charge in [0, 0.05) is 31.0 Å². The first-order valence-corrected chi connectivity index (χ1v) is 10.5. The van der Waals surface area contributed by atoms with E-state index in [1.807, 2.05) is 0 Å². The highest BCUT2D eigenvalue weighted by Gasteiger charge is 2.29. The predicted molar refractivity (Wildman–Crippen MR) is 99.1 cm³/mol. The molecule has 0 radical (unpaired) electrons. The van der Waals surface area contributed by atoms with Crippen molar-refractivity contribution in [3.8, 4) is 0 Å². The molecule has 25 heavy (non-hydrogen) atoms. The zero-order valence-corrected chi connectivity index (χ0v) is 15.5. The van der Waals surface area contributed by atoms with E-state index in [2.05, 4.69) is 16.0 Å². The summed E-state index contributed by atoms with van der Waals surface area (Å²) in [6.07, 6.45) is 13.0. The van der Waals surface area contributed by atoms with Crippen molar-refractivity contribution in [2.24, 2.45) is 11.8 Å². The maximum absolute atomic E-state index is 12.4. The summed E-state index contributed by atoms with van der Waals surface area (Å²) < 4.78 is 0. The molecule has 3 aliphatic rings. The van der Waals surface area contributed by atoms with E-state index < -0.39 is 0 Å². The lowest BCUT2D eigenvalue weighted by Gasteiger charge is -2.31. The summed E-state index contributed by atoms with van der Waals surface area (Å²) in [6, 6.07) is 0.575. The third-order valence-corrected chi connectivity index (χ3v) is 6.31. The number of hydrogen-bond acceptors (Lipinski definition) is 3. The van der Waals surface area contributed by atoms with Crippen molar-refractivity contribution in [1.29, 1.82) is 0 Å². The quantitative estimate of drug-likeness (QED) is 0.714. The number of hydrogen-bond donors (Lipinski definition) is 3. The Kier molecular flexibility index (Phi) is 7.14. The van der Waals surface area contributed by atoms with Crippen molar-refractivity contribution in [3.05, 3.63) is 0 Å². The number of carbonyl (C=O) groups excluding carboxylic acids is 2. The van der Waals surface area contributed by atoms with Gasteiger partial charge in [0.1, 0.15) is 0 Å². The fraction of sp³-hybridized carbons (Fsp3) is 0.900. The second-order valence-electron chi connectivity index (χ2n) is 8.38. The van der Waals surface area contributed by atoms with Gasteiger partial charge >= 0.3 is 0 Å². The number of nitrogens with one attached hydrogen (secondary N) is 3. The molecule has 3 N–H and O–H groups in total. The summed E-state index contributed by atoms with van der Waals surface area (Å²) in [6.45, 7) is 1.97. The maximum atomic E-state index is 12.4. The molecule has 1 atom stereocenters. The summed E-state index contributed by atoms with van der Waals surface area (Å²) in [5, 5.41) is 9.78. The Labute approximate surface area is 152 Å². The fourth-order valence-corrected chi connectivity index (χ4v) is 4.73. The summed E-state index contributed by atoms with van der Waals surface area (Å²) in [4.78, 5) is 24.7. The van der Waals surface area contributed by atoms with Gasteiger partial charge in [-0.3, -0.25) is 9.59 Å². The van der Waals surface area contributed by atoms with Crippen LogP contribution in [0.5, 0.6) is 0 Å². The summed E-state index contributed by atoms with van der Waals surface area (Å²) in [5.41, 5.74) is 0. The normalized spacial score (nSPS) is 31.3. The summed E-state index contributed by atoms with van der Waals surface area (Å²) in [7, 11) is 0. The van der Waals surface area contributed by atoms with Gasteiger partial charge in [0.05, 0.1) is 0 Å². The Hall–Kier alpha value is -1.10. The SMILES string of the molecule is O=C(CC1CCCCC1)NC1CCC(C(=O)NC2CCCNC2)CC1. The Morgan fingerprint density at radius 3 is 2.24 bits per heavy atom. The van der Waals surface area contributed by atoms with Crippen LogP contribution in [0.2, 0.25) is 0 Å². The van der Waals surface area contributed by atoms with Crippen LogP contribution in [0.1, 0.15) is 77.0 Å². The molecule has 5 heteroatoms. The van der Waals surface area contributed by atoms with Crippen LogP contribution in [-0.2, 0) is 9.59 Å². The van der Waals surface area contributed by atoms with E-state index >= 15 is 0 Å². The highest BCUT2D eigenvalue weighted by atomic mass is 16.2. The molecule has 1 heterocycles. The Balaban J connectivity index is 1.33. The molecule has 2 amide bonds. The number of rotatable bonds is 5. The topological polar surface area (TPSA) is 70.2 Å². The van der Waals surface area contributed by atoms with E-state index in [1.54, 1.807) is 0 Å². The summed E-state index contributed by atoms with van der Waals surface area (Å²) in [5.74, 6) is 1.18. The largest absolute Gasteiger partial charge is 0.353 e. The first-order valence-electron chi connectivity index (χ1n) is 10.5. The molecule has 142 valence electrons. The van der Waals surface area contributed by atoms with Gasteiger partial charge in [-0.05, 0) is 63.8 Å². The molecule has 3 rings (SSSR count). The van der Waals surface area contributed by atoms with Crippen molar-refractivity contribution >= 4 is 11.8 Å². The van der Waals surface area contributed by atoms with Gasteiger partial charge in [-0.2, -0.15) is 0 Å². The van der Waals surface area contributed by atoms with Crippen molar-refractivity contribution in [3.63, 3.8) is 0 Å². The molecule has 2 aliphatic carbocycles. The molecular weight excluding hydrogens is 314 g/mol. The van der Waals surface area contributed by atoms with Crippen LogP contribution in [-0.4, -0.2) is 37.0 Å². The second kappa shape index (κ2) is 9.56. The minimum atomic E-state index is 0.133. The van der Waals surface area contributed by atoms with Crippen LogP contribution in [0.25, 0.3) is 0 Å². The smallest absolute Gasteiger partial charge is 0.223 e. The third kappa shape index (κ3) is 5.98. The van der Waals surface area contributed by atoms with Crippen molar-refractivity contribution in [2.45, 2.75) is 89.1 Å². The van der Waals surface area contributed by atoms with Gasteiger partial charge in [-0.1, -0.05) is 19.3 Å². The van der Waals surface area contributed by atoms with Crippen LogP contribution in [0.4, 0.5) is 0 Å². The van der Waals surface area contributed by atoms with Crippen LogP contribution < -0.4 is 16.0 Å². The zero-order chi connectivity index (χ0) is 17.5. The van der Waals surface area contributed by atoms with E-state index in [4.69, 9.17) is 0 Å². The summed E-state index contributed by atoms with van der Waals surface area (Å²) >= 11 is 0. The van der Waals surface area contributed by atoms with Gasteiger partial charge in [0.15, 0.2) is 0 Å². The van der Waals surface area contributed by atoms with E-state index in [0.717, 1.165) is 51.6 Å². The average molecular weight is 350 g/mol. The minimum absolute atomic E-state index is 0.133. The van der Waals surface area contributed by atoms with Gasteiger partial charge in [0.25, 0.3) is 0 Å². The standard InChI is InChI=1S/C20H35N3O2/c24-19(13-15-5-2-1-3-6-15)22-17-10-8-16(9-11-17)20(25)23-18-7-4-12-21-14-18/h15-18,21H,1-14H2,(H,22,24)(H,23,25). The highest BCUT2D eigenvalue weighted by Crippen LogP contribution is 2.28. The van der Waals surface area contributed by atoms with E-state index in [0.29, 0.717) is 18.4 Å². The van der Waals surface area contributed by atoms with Gasteiger partial charge < -0.3 is 16.0 Å². The minimum Gasteiger partial charge on any atom is -0.353 e. The van der Waals surface area contributed by atoms with E-state index in [9.17, 15) is 9.59 Å². The third-order valence-electron chi connectivity index (χ3n) is 6.31. The number of amides is 2. The predicted octanol–water partition coefficient (Wildman–Crippen LogP) is 2.50. The lowest BCUT2D eigenvalue weighted by Crippen LogP contribution is -2.48. The molecule has 0 aromatic rings. The van der Waals surface area contributed by atoms with Crippen LogP contribution in [0, 0.1) is 11.8 Å². The molecule has 3 fully saturated rings. The fourth-order valence-electron chi connectivity index (χ4n) is 4.73. The molecule has 0 aromatic carbocycles. The number of carbonyl (C=O) groups is 2. The Morgan fingerprint density at radius 1 is 0.800 bits per heavy atom. The molecule has 0 spiro atoms. The lowest BCUT2D eigenvalue weighted by atomic mass is 9.84. The van der Waals surface area contributed by atoms with E-state index in [1.165, 1.54) is 32.1 Å². The van der Waals surface area contributed by atoms with E-state index in [-0.39, 0.29) is 23.8 Å². The lowest BCUT2D eigenvalue weighted by molar-refractivity contribution is -0.127. The second-order valence-corrected chi connectivity index (χ2v) is 8.38. The van der Waals surface area contributed by atoms with Crippen molar-refractivity contribution in [2.75, 3.05) is 13.1 Å². The highest BCUT2D eigenvalue weighted by molar-refractivity contribution is 5.79. The van der Waals surface area contributed by atoms with Crippen molar-refractivity contribution < 1.29 is 9.59 Å². The average Bonchev–Trinajstić information content (AvgIpc) is 2.64. The zero-order valence-electron chi connectivity index (χ0n) is 15.5. The maximum Gasteiger partial charge on any atom is 0.223 e. The first kappa shape index (κ1) is 18.7. The number of piperidine rings is 1. The van der Waals surface area contributed by atoms with Gasteiger partial charge in [0.2, 0.25) is 11.8 Å². The van der Waals surface area contributed by atoms with Crippen LogP contribution in [0.3, 0.4) is 0 Å². The van der Waals surface area contributed by atoms with Crippen LogP contribution >= 0.6 is 0 Å². The van der Waals surface area contributed by atoms with Crippen LogP contribution in [0.15, 0.2) is 0 Å². The van der Waals surface area contributed by atoms with Crippen molar-refractivity contribution in [1.82, 2.24) is 16.0 Å². The molecule has 5 nitrogen and oxygen atoms in total. The molecule has 1 saturated heterocycles. The van der Waals surface area contributed by atoms with Gasteiger partial charge in [-0.15, -0.1) is 0 Å². The Morgan fingerprint density at radius 2 is 1.56 bits per heavy atom. The molecule has 1 aliphatic heterocycles. The Bertz CT molecular complexity index is 434. The monoisotopic (exact) mass is 349 g/mol.